The van der Waals surface area contributed by atoms with Crippen LogP contribution >= 0.6 is 0 Å². The van der Waals surface area contributed by atoms with Crippen LogP contribution in [0.2, 0.25) is 0 Å². The fraction of sp³-hybridized carbons (Fsp3) is 0.381. The van der Waals surface area contributed by atoms with Crippen LogP contribution in [0.1, 0.15) is 30.9 Å². The molecular formula is C21H25F2NO3. The molecule has 0 aliphatic heterocycles. The van der Waals surface area contributed by atoms with Gasteiger partial charge in [0.25, 0.3) is 0 Å². The van der Waals surface area contributed by atoms with Crippen molar-refractivity contribution in [2.75, 3.05) is 13.2 Å². The fourth-order valence-electron chi connectivity index (χ4n) is 2.73. The van der Waals surface area contributed by atoms with Gasteiger partial charge in [-0.15, -0.1) is 0 Å². The van der Waals surface area contributed by atoms with Crippen molar-refractivity contribution in [3.8, 4) is 0 Å². The van der Waals surface area contributed by atoms with Crippen LogP contribution in [0.3, 0.4) is 0 Å². The summed E-state index contributed by atoms with van der Waals surface area (Å²) in [5.41, 5.74) is 1.33. The number of nitrogens with zero attached hydrogens (tertiary/aromatic N) is 1. The van der Waals surface area contributed by atoms with Crippen molar-refractivity contribution in [1.29, 1.82) is 0 Å². The maximum absolute atomic E-state index is 14.0. The van der Waals surface area contributed by atoms with Crippen molar-refractivity contribution in [2.45, 2.75) is 39.0 Å². The van der Waals surface area contributed by atoms with Crippen LogP contribution < -0.4 is 0 Å². The van der Waals surface area contributed by atoms with Gasteiger partial charge in [-0.3, -0.25) is 9.69 Å². The number of halogens is 2. The molecule has 0 radical (unpaired) electrons. The van der Waals surface area contributed by atoms with Crippen molar-refractivity contribution >= 4 is 5.97 Å². The first-order valence-electron chi connectivity index (χ1n) is 9.01. The maximum Gasteiger partial charge on any atom is 0.305 e. The molecule has 0 aliphatic carbocycles. The van der Waals surface area contributed by atoms with Gasteiger partial charge in [-0.25, -0.2) is 8.78 Å². The number of hydrogen-bond acceptors (Lipinski definition) is 4. The molecule has 2 aromatic carbocycles. The van der Waals surface area contributed by atoms with Gasteiger partial charge >= 0.3 is 5.97 Å². The quantitative estimate of drug-likeness (QED) is 0.642. The van der Waals surface area contributed by atoms with E-state index in [1.807, 2.05) is 42.2 Å². The lowest BCUT2D eigenvalue weighted by atomic mass is 10.1. The van der Waals surface area contributed by atoms with Gasteiger partial charge in [0.1, 0.15) is 24.3 Å². The van der Waals surface area contributed by atoms with Crippen molar-refractivity contribution in [2.24, 2.45) is 0 Å². The molecule has 0 amide bonds. The Kier molecular flexibility index (Phi) is 8.36. The molecule has 0 unspecified atom stereocenters. The number of rotatable bonds is 10. The molecule has 0 aromatic heterocycles. The largest absolute Gasteiger partial charge is 0.463 e. The van der Waals surface area contributed by atoms with Gasteiger partial charge in [-0.05, 0) is 18.1 Å². The summed E-state index contributed by atoms with van der Waals surface area (Å²) in [6.07, 6.45) is 0.0817. The number of ether oxygens (including phenoxy) is 1. The van der Waals surface area contributed by atoms with Gasteiger partial charge < -0.3 is 9.84 Å². The van der Waals surface area contributed by atoms with Crippen LogP contribution in [0.25, 0.3) is 0 Å². The molecule has 2 aromatic rings. The van der Waals surface area contributed by atoms with E-state index >= 15 is 0 Å². The van der Waals surface area contributed by atoms with E-state index in [2.05, 4.69) is 0 Å². The third kappa shape index (κ3) is 7.45. The van der Waals surface area contributed by atoms with Crippen molar-refractivity contribution in [3.63, 3.8) is 0 Å². The lowest BCUT2D eigenvalue weighted by Gasteiger charge is -2.25. The monoisotopic (exact) mass is 377 g/mol. The zero-order valence-electron chi connectivity index (χ0n) is 15.4. The molecular weight excluding hydrogens is 352 g/mol. The molecule has 0 saturated heterocycles. The number of carbonyl (C=O) groups is 1. The number of esters is 1. The van der Waals surface area contributed by atoms with Crippen LogP contribution in [0.5, 0.6) is 0 Å². The molecule has 0 spiro atoms. The van der Waals surface area contributed by atoms with E-state index < -0.39 is 17.7 Å². The third-order valence-electron chi connectivity index (χ3n) is 4.02. The van der Waals surface area contributed by atoms with Gasteiger partial charge in [0.2, 0.25) is 0 Å². The number of aliphatic hydroxyl groups excluding tert-OH is 1. The standard InChI is InChI=1S/C21H25F2NO3/c1-2-6-21(26)27-15-19(25)14-24(12-16-7-4-3-5-8-16)13-17-9-10-18(22)11-20(17)23/h3-5,7-11,19,25H,2,6,12-15H2,1H3/t19-/m0/s1. The highest BCUT2D eigenvalue weighted by atomic mass is 19.1. The summed E-state index contributed by atoms with van der Waals surface area (Å²) in [5.74, 6) is -1.61. The van der Waals surface area contributed by atoms with Crippen LogP contribution in [-0.2, 0) is 22.6 Å². The number of aliphatic hydroxyl groups is 1. The van der Waals surface area contributed by atoms with Crippen LogP contribution in [-0.4, -0.2) is 35.2 Å². The molecule has 0 fully saturated rings. The first kappa shape index (κ1) is 21.0. The Bertz CT molecular complexity index is 725. The lowest BCUT2D eigenvalue weighted by Crippen LogP contribution is -2.35. The van der Waals surface area contributed by atoms with E-state index in [1.54, 1.807) is 0 Å². The third-order valence-corrected chi connectivity index (χ3v) is 4.02. The summed E-state index contributed by atoms with van der Waals surface area (Å²) in [6, 6.07) is 13.0. The normalized spacial score (nSPS) is 12.2. The molecule has 6 heteroatoms. The van der Waals surface area contributed by atoms with Gasteiger partial charge in [-0.1, -0.05) is 43.3 Å². The summed E-state index contributed by atoms with van der Waals surface area (Å²) in [4.78, 5) is 13.3. The van der Waals surface area contributed by atoms with E-state index in [0.29, 0.717) is 24.9 Å². The summed E-state index contributed by atoms with van der Waals surface area (Å²) >= 11 is 0. The average Bonchev–Trinajstić information content (AvgIpc) is 2.63. The average molecular weight is 377 g/mol. The summed E-state index contributed by atoms with van der Waals surface area (Å²) < 4.78 is 32.2. The summed E-state index contributed by atoms with van der Waals surface area (Å²) in [6.45, 7) is 2.61. The lowest BCUT2D eigenvalue weighted by molar-refractivity contribution is -0.147. The number of hydrogen-bond donors (Lipinski definition) is 1. The summed E-state index contributed by atoms with van der Waals surface area (Å²) in [7, 11) is 0. The molecule has 27 heavy (non-hydrogen) atoms. The Morgan fingerprint density at radius 2 is 1.89 bits per heavy atom. The van der Waals surface area contributed by atoms with Gasteiger partial charge in [0, 0.05) is 37.7 Å². The van der Waals surface area contributed by atoms with E-state index in [9.17, 15) is 18.7 Å². The first-order chi connectivity index (χ1) is 13.0. The Hall–Kier alpha value is -2.31. The molecule has 2 rings (SSSR count). The minimum atomic E-state index is -0.905. The predicted octanol–water partition coefficient (Wildman–Crippen LogP) is 3.67. The molecule has 4 nitrogen and oxygen atoms in total. The molecule has 0 heterocycles. The summed E-state index contributed by atoms with van der Waals surface area (Å²) in [5, 5.41) is 10.2. The Morgan fingerprint density at radius 3 is 2.56 bits per heavy atom. The Balaban J connectivity index is 2.03. The molecule has 0 bridgehead atoms. The van der Waals surface area contributed by atoms with E-state index in [4.69, 9.17) is 4.74 Å². The first-order valence-corrected chi connectivity index (χ1v) is 9.01. The second-order valence-corrected chi connectivity index (χ2v) is 6.48. The van der Waals surface area contributed by atoms with Crippen molar-refractivity contribution < 1.29 is 23.4 Å². The van der Waals surface area contributed by atoms with E-state index in [1.165, 1.54) is 12.1 Å². The fourth-order valence-corrected chi connectivity index (χ4v) is 2.73. The second-order valence-electron chi connectivity index (χ2n) is 6.48. The highest BCUT2D eigenvalue weighted by Gasteiger charge is 2.16. The minimum Gasteiger partial charge on any atom is -0.463 e. The van der Waals surface area contributed by atoms with Gasteiger partial charge in [0.05, 0.1) is 0 Å². The van der Waals surface area contributed by atoms with Crippen LogP contribution in [0.4, 0.5) is 8.78 Å². The molecule has 146 valence electrons. The van der Waals surface area contributed by atoms with Gasteiger partial charge in [0.15, 0.2) is 0 Å². The van der Waals surface area contributed by atoms with Crippen LogP contribution in [0, 0.1) is 11.6 Å². The topological polar surface area (TPSA) is 49.8 Å². The van der Waals surface area contributed by atoms with E-state index in [0.717, 1.165) is 11.6 Å². The Morgan fingerprint density at radius 1 is 1.15 bits per heavy atom. The van der Waals surface area contributed by atoms with Gasteiger partial charge in [-0.2, -0.15) is 0 Å². The molecule has 1 atom stereocenters. The van der Waals surface area contributed by atoms with Crippen molar-refractivity contribution in [3.05, 3.63) is 71.3 Å². The number of carbonyl (C=O) groups excluding carboxylic acids is 1. The highest BCUT2D eigenvalue weighted by Crippen LogP contribution is 2.15. The second kappa shape index (κ2) is 10.7. The predicted molar refractivity (Wildman–Crippen MR) is 98.8 cm³/mol. The van der Waals surface area contributed by atoms with Crippen LogP contribution in [0.15, 0.2) is 48.5 Å². The zero-order valence-corrected chi connectivity index (χ0v) is 15.4. The maximum atomic E-state index is 14.0. The minimum absolute atomic E-state index is 0.115. The Labute approximate surface area is 158 Å². The number of benzene rings is 2. The smallest absolute Gasteiger partial charge is 0.305 e. The van der Waals surface area contributed by atoms with Crippen molar-refractivity contribution in [1.82, 2.24) is 4.90 Å². The molecule has 0 aliphatic rings. The molecule has 1 N–H and O–H groups in total. The SMILES string of the molecule is CCCC(=O)OC[C@@H](O)CN(Cc1ccccc1)Cc1ccc(F)cc1F. The van der Waals surface area contributed by atoms with E-state index in [-0.39, 0.29) is 25.7 Å². The molecule has 0 saturated carbocycles. The zero-order chi connectivity index (χ0) is 19.6. The highest BCUT2D eigenvalue weighted by molar-refractivity contribution is 5.69.